The fourth-order valence-electron chi connectivity index (χ4n) is 1.57. The molecule has 0 radical (unpaired) electrons. The molecule has 68 valence electrons. The zero-order valence-corrected chi connectivity index (χ0v) is 8.09. The van der Waals surface area contributed by atoms with Crippen molar-refractivity contribution in [2.75, 3.05) is 0 Å². The molecular formula is C14H12. The van der Waals surface area contributed by atoms with Gasteiger partial charge in [0.05, 0.1) is 0 Å². The van der Waals surface area contributed by atoms with Crippen molar-refractivity contribution in [3.8, 4) is 0 Å². The molecule has 0 atom stereocenters. The first kappa shape index (κ1) is 8.76. The van der Waals surface area contributed by atoms with E-state index in [1.807, 2.05) is 12.1 Å². The number of hydrogen-bond acceptors (Lipinski definition) is 0. The second-order valence-electron chi connectivity index (χ2n) is 3.39. The maximum absolute atomic E-state index is 4.03. The third-order valence-electron chi connectivity index (χ3n) is 2.49. The molecule has 0 nitrogen and oxygen atoms in total. The summed E-state index contributed by atoms with van der Waals surface area (Å²) in [6.07, 6.45) is 1.84. The second kappa shape index (κ2) is 3.15. The van der Waals surface area contributed by atoms with Crippen LogP contribution in [0.25, 0.3) is 30.0 Å². The lowest BCUT2D eigenvalue weighted by Gasteiger charge is -2.00. The molecule has 0 fully saturated rings. The fourth-order valence-corrected chi connectivity index (χ4v) is 1.57. The van der Waals surface area contributed by atoms with Gasteiger partial charge in [0.15, 0.2) is 0 Å². The first-order chi connectivity index (χ1) is 6.72. The zero-order chi connectivity index (χ0) is 10.1. The van der Waals surface area contributed by atoms with Crippen LogP contribution in [0.1, 0.15) is 5.56 Å². The van der Waals surface area contributed by atoms with Crippen LogP contribution in [0.2, 0.25) is 0 Å². The highest BCUT2D eigenvalue weighted by atomic mass is 14.0. The summed E-state index contributed by atoms with van der Waals surface area (Å²) < 4.78 is 0. The molecule has 0 saturated carbocycles. The molecule has 0 aromatic heterocycles. The fraction of sp³-hybridized carbons (Fsp3) is 0. The summed E-state index contributed by atoms with van der Waals surface area (Å²) in [4.78, 5) is 0. The molecule has 0 aliphatic rings. The number of benzene rings is 2. The highest BCUT2D eigenvalue weighted by Crippen LogP contribution is 2.11. The topological polar surface area (TPSA) is 0 Å². The van der Waals surface area contributed by atoms with E-state index in [1.165, 1.54) is 5.39 Å². The molecule has 0 unspecified atom stereocenters. The number of rotatable bonds is 1. The normalized spacial score (nSPS) is 10.3. The van der Waals surface area contributed by atoms with Crippen molar-refractivity contribution in [3.05, 3.63) is 52.9 Å². The van der Waals surface area contributed by atoms with Gasteiger partial charge in [-0.3, -0.25) is 0 Å². The average molecular weight is 180 g/mol. The van der Waals surface area contributed by atoms with Crippen molar-refractivity contribution in [2.45, 2.75) is 0 Å². The summed E-state index contributed by atoms with van der Waals surface area (Å²) in [5.74, 6) is 0. The van der Waals surface area contributed by atoms with Crippen LogP contribution in [0, 0.1) is 0 Å². The third kappa shape index (κ3) is 1.25. The Morgan fingerprint density at radius 1 is 1.00 bits per heavy atom. The summed E-state index contributed by atoms with van der Waals surface area (Å²) in [6.45, 7) is 11.7. The van der Waals surface area contributed by atoms with Crippen molar-refractivity contribution in [1.82, 2.24) is 0 Å². The minimum absolute atomic E-state index is 0.985. The van der Waals surface area contributed by atoms with Gasteiger partial charge in [0, 0.05) is 0 Å². The van der Waals surface area contributed by atoms with Gasteiger partial charge in [-0.15, -0.1) is 0 Å². The average Bonchev–Trinajstić information content (AvgIpc) is 2.23. The van der Waals surface area contributed by atoms with E-state index in [-0.39, 0.29) is 0 Å². The van der Waals surface area contributed by atoms with Crippen LogP contribution < -0.4 is 10.4 Å². The van der Waals surface area contributed by atoms with Gasteiger partial charge >= 0.3 is 0 Å². The molecule has 0 spiro atoms. The Hall–Kier alpha value is -1.82. The van der Waals surface area contributed by atoms with Crippen LogP contribution in [0.15, 0.2) is 36.9 Å². The van der Waals surface area contributed by atoms with Gasteiger partial charge in [-0.25, -0.2) is 0 Å². The van der Waals surface area contributed by atoms with Gasteiger partial charge in [-0.1, -0.05) is 50.1 Å². The molecule has 2 aromatic carbocycles. The Balaban J connectivity index is 2.98. The molecule has 2 aromatic rings. The molecule has 0 aliphatic carbocycles. The van der Waals surface area contributed by atoms with Crippen LogP contribution in [-0.2, 0) is 0 Å². The highest BCUT2D eigenvalue weighted by molar-refractivity contribution is 5.85. The lowest BCUT2D eigenvalue weighted by molar-refractivity contribution is 1.60. The number of hydrogen-bond donors (Lipinski definition) is 0. The SMILES string of the molecule is C=Cc1ccc2ccc(=C)c(=C)c2c1. The van der Waals surface area contributed by atoms with Crippen molar-refractivity contribution < 1.29 is 0 Å². The van der Waals surface area contributed by atoms with Crippen LogP contribution in [0.5, 0.6) is 0 Å². The summed E-state index contributed by atoms with van der Waals surface area (Å²) in [5.41, 5.74) is 1.12. The van der Waals surface area contributed by atoms with Gasteiger partial charge < -0.3 is 0 Å². The minimum atomic E-state index is 0.985. The van der Waals surface area contributed by atoms with Crippen molar-refractivity contribution in [1.29, 1.82) is 0 Å². The molecule has 0 aliphatic heterocycles. The summed E-state index contributed by atoms with van der Waals surface area (Å²) >= 11 is 0. The van der Waals surface area contributed by atoms with Gasteiger partial charge in [0.25, 0.3) is 0 Å². The van der Waals surface area contributed by atoms with Gasteiger partial charge in [-0.05, 0) is 32.8 Å². The number of fused-ring (bicyclic) bond motifs is 1. The first-order valence-electron chi connectivity index (χ1n) is 4.55. The molecule has 0 bridgehead atoms. The van der Waals surface area contributed by atoms with E-state index in [4.69, 9.17) is 0 Å². The Bertz CT molecular complexity index is 591. The van der Waals surface area contributed by atoms with E-state index in [1.54, 1.807) is 0 Å². The Morgan fingerprint density at radius 3 is 2.43 bits per heavy atom. The largest absolute Gasteiger partial charge is 0.0985 e. The standard InChI is InChI=1S/C14H12/c1-4-12-6-8-13-7-5-10(2)11(3)14(13)9-12/h4-9H,1-3H2. The predicted molar refractivity (Wildman–Crippen MR) is 64.3 cm³/mol. The molecular weight excluding hydrogens is 168 g/mol. The minimum Gasteiger partial charge on any atom is -0.0985 e. The Kier molecular flexibility index (Phi) is 1.97. The van der Waals surface area contributed by atoms with E-state index < -0.39 is 0 Å². The molecule has 0 heteroatoms. The lowest BCUT2D eigenvalue weighted by Crippen LogP contribution is -2.21. The van der Waals surface area contributed by atoms with Gasteiger partial charge in [0.2, 0.25) is 0 Å². The zero-order valence-electron chi connectivity index (χ0n) is 8.09. The quantitative estimate of drug-likeness (QED) is 0.631. The predicted octanol–water partition coefficient (Wildman–Crippen LogP) is 2.30. The van der Waals surface area contributed by atoms with Crippen LogP contribution in [0.3, 0.4) is 0 Å². The molecule has 14 heavy (non-hydrogen) atoms. The van der Waals surface area contributed by atoms with Crippen molar-refractivity contribution >= 4 is 30.0 Å². The molecule has 0 saturated heterocycles. The second-order valence-corrected chi connectivity index (χ2v) is 3.39. The molecule has 2 rings (SSSR count). The molecule has 0 heterocycles. The smallest absolute Gasteiger partial charge is 0.0106 e. The lowest BCUT2D eigenvalue weighted by atomic mass is 10.0. The summed E-state index contributed by atoms with van der Waals surface area (Å²) in [5, 5.41) is 4.35. The van der Waals surface area contributed by atoms with Crippen LogP contribution >= 0.6 is 0 Å². The van der Waals surface area contributed by atoms with Crippen LogP contribution in [-0.4, -0.2) is 0 Å². The molecule has 0 amide bonds. The summed E-state index contributed by atoms with van der Waals surface area (Å²) in [7, 11) is 0. The van der Waals surface area contributed by atoms with E-state index in [0.717, 1.165) is 21.4 Å². The van der Waals surface area contributed by atoms with E-state index in [0.29, 0.717) is 0 Å². The maximum Gasteiger partial charge on any atom is -0.0106 e. The Morgan fingerprint density at radius 2 is 1.71 bits per heavy atom. The van der Waals surface area contributed by atoms with E-state index in [9.17, 15) is 0 Å². The molecule has 0 N–H and O–H groups in total. The highest BCUT2D eigenvalue weighted by Gasteiger charge is 1.94. The Labute approximate surface area is 83.5 Å². The first-order valence-corrected chi connectivity index (χ1v) is 4.55. The van der Waals surface area contributed by atoms with Gasteiger partial charge in [-0.2, -0.15) is 0 Å². The van der Waals surface area contributed by atoms with Gasteiger partial charge in [0.1, 0.15) is 0 Å². The van der Waals surface area contributed by atoms with Crippen molar-refractivity contribution in [2.24, 2.45) is 0 Å². The van der Waals surface area contributed by atoms with Crippen LogP contribution in [0.4, 0.5) is 0 Å². The van der Waals surface area contributed by atoms with Crippen molar-refractivity contribution in [3.63, 3.8) is 0 Å². The maximum atomic E-state index is 4.03. The monoisotopic (exact) mass is 180 g/mol. The summed E-state index contributed by atoms with van der Waals surface area (Å²) in [6, 6.07) is 10.3. The van der Waals surface area contributed by atoms with E-state index >= 15 is 0 Å². The van der Waals surface area contributed by atoms with E-state index in [2.05, 4.69) is 44.0 Å². The third-order valence-corrected chi connectivity index (χ3v) is 2.49.